The molecular weight excluding hydrogens is 322 g/mol. The molecule has 1 aromatic rings. The zero-order valence-electron chi connectivity index (χ0n) is 11.3. The lowest BCUT2D eigenvalue weighted by molar-refractivity contribution is -0.384. The summed E-state index contributed by atoms with van der Waals surface area (Å²) in [5, 5.41) is 10.7. The number of nitrogen functional groups attached to an aromatic ring is 1. The van der Waals surface area contributed by atoms with Crippen molar-refractivity contribution >= 4 is 31.2 Å². The predicted octanol–water partition coefficient (Wildman–Crippen LogP) is -0.112. The molecule has 0 spiro atoms. The maximum Gasteiger partial charge on any atom is 0.293 e. The molecule has 3 N–H and O–H groups in total. The standard InChI is InChI=1S/C10H15N3O6S2/c1-7(6-20(2,16)17)12-21(18,19)8-3-4-9(11)10(5-8)13(14)15/h3-5,7,12H,6,11H2,1-2H3. The van der Waals surface area contributed by atoms with E-state index in [4.69, 9.17) is 5.73 Å². The molecule has 11 heteroatoms. The molecule has 0 radical (unpaired) electrons. The Labute approximate surface area is 122 Å². The fourth-order valence-corrected chi connectivity index (χ4v) is 4.03. The highest BCUT2D eigenvalue weighted by molar-refractivity contribution is 7.91. The number of rotatable bonds is 6. The molecule has 0 aliphatic heterocycles. The second-order valence-corrected chi connectivity index (χ2v) is 8.49. The summed E-state index contributed by atoms with van der Waals surface area (Å²) in [4.78, 5) is 9.59. The summed E-state index contributed by atoms with van der Waals surface area (Å²) in [6, 6.07) is 2.16. The van der Waals surface area contributed by atoms with Gasteiger partial charge in [0.1, 0.15) is 15.5 Å². The predicted molar refractivity (Wildman–Crippen MR) is 77.0 cm³/mol. The van der Waals surface area contributed by atoms with Gasteiger partial charge in [0.25, 0.3) is 5.69 Å². The minimum absolute atomic E-state index is 0.164. The SMILES string of the molecule is CC(CS(C)(=O)=O)NS(=O)(=O)c1ccc(N)c([N+](=O)[O-])c1. The second kappa shape index (κ2) is 5.95. The highest BCUT2D eigenvalue weighted by Gasteiger charge is 2.23. The number of hydrogen-bond acceptors (Lipinski definition) is 7. The maximum absolute atomic E-state index is 12.0. The first-order chi connectivity index (χ1) is 9.42. The zero-order chi connectivity index (χ0) is 16.4. The van der Waals surface area contributed by atoms with E-state index in [1.54, 1.807) is 0 Å². The molecule has 0 saturated carbocycles. The molecule has 0 fully saturated rings. The van der Waals surface area contributed by atoms with Crippen molar-refractivity contribution in [3.8, 4) is 0 Å². The molecular formula is C10H15N3O6S2. The van der Waals surface area contributed by atoms with E-state index in [0.717, 1.165) is 24.5 Å². The Kier molecular flexibility index (Phi) is 4.91. The molecule has 0 bridgehead atoms. The van der Waals surface area contributed by atoms with Gasteiger partial charge in [-0.1, -0.05) is 0 Å². The van der Waals surface area contributed by atoms with E-state index in [9.17, 15) is 26.9 Å². The van der Waals surface area contributed by atoms with E-state index >= 15 is 0 Å². The van der Waals surface area contributed by atoms with Crippen LogP contribution in [0.4, 0.5) is 11.4 Å². The molecule has 0 aromatic heterocycles. The molecule has 0 heterocycles. The number of sulfone groups is 1. The third-order valence-corrected chi connectivity index (χ3v) is 5.11. The zero-order valence-corrected chi connectivity index (χ0v) is 12.9. The minimum Gasteiger partial charge on any atom is -0.393 e. The van der Waals surface area contributed by atoms with Gasteiger partial charge in [-0.15, -0.1) is 0 Å². The molecule has 1 aromatic carbocycles. The minimum atomic E-state index is -4.08. The average Bonchev–Trinajstić information content (AvgIpc) is 2.24. The van der Waals surface area contributed by atoms with Crippen molar-refractivity contribution in [1.82, 2.24) is 4.72 Å². The van der Waals surface area contributed by atoms with Crippen molar-refractivity contribution in [2.24, 2.45) is 0 Å². The Balaban J connectivity index is 3.09. The normalized spacial score (nSPS) is 13.8. The average molecular weight is 337 g/mol. The molecule has 0 aliphatic carbocycles. The monoisotopic (exact) mass is 337 g/mol. The number of benzene rings is 1. The van der Waals surface area contributed by atoms with Crippen molar-refractivity contribution < 1.29 is 21.8 Å². The molecule has 0 aliphatic rings. The van der Waals surface area contributed by atoms with Gasteiger partial charge in [-0.2, -0.15) is 0 Å². The highest BCUT2D eigenvalue weighted by atomic mass is 32.2. The van der Waals surface area contributed by atoms with Gasteiger partial charge in [0.05, 0.1) is 15.6 Å². The van der Waals surface area contributed by atoms with Crippen LogP contribution >= 0.6 is 0 Å². The molecule has 1 unspecified atom stereocenters. The van der Waals surface area contributed by atoms with E-state index in [1.165, 1.54) is 6.92 Å². The molecule has 1 rings (SSSR count). The molecule has 21 heavy (non-hydrogen) atoms. The molecule has 118 valence electrons. The summed E-state index contributed by atoms with van der Waals surface area (Å²) in [5.41, 5.74) is 4.68. The van der Waals surface area contributed by atoms with Crippen LogP contribution in [0, 0.1) is 10.1 Å². The maximum atomic E-state index is 12.0. The number of nitrogens with zero attached hydrogens (tertiary/aromatic N) is 1. The summed E-state index contributed by atoms with van der Waals surface area (Å²) >= 11 is 0. The largest absolute Gasteiger partial charge is 0.393 e. The van der Waals surface area contributed by atoms with Crippen molar-refractivity contribution in [3.05, 3.63) is 28.3 Å². The van der Waals surface area contributed by atoms with Gasteiger partial charge in [0.15, 0.2) is 0 Å². The first kappa shape index (κ1) is 17.3. The number of nitro groups is 1. The van der Waals surface area contributed by atoms with Gasteiger partial charge in [-0.05, 0) is 19.1 Å². The number of nitrogens with two attached hydrogens (primary N) is 1. The lowest BCUT2D eigenvalue weighted by Gasteiger charge is -2.13. The van der Waals surface area contributed by atoms with Crippen LogP contribution in [0.5, 0.6) is 0 Å². The number of anilines is 1. The smallest absolute Gasteiger partial charge is 0.293 e. The number of sulfonamides is 1. The fourth-order valence-electron chi connectivity index (χ4n) is 1.67. The third kappa shape index (κ3) is 4.95. The molecule has 0 amide bonds. The van der Waals surface area contributed by atoms with Crippen LogP contribution in [0.15, 0.2) is 23.1 Å². The van der Waals surface area contributed by atoms with Gasteiger partial charge >= 0.3 is 0 Å². The van der Waals surface area contributed by atoms with Crippen molar-refractivity contribution in [3.63, 3.8) is 0 Å². The summed E-state index contributed by atoms with van der Waals surface area (Å²) in [5.74, 6) is -0.386. The molecule has 1 atom stereocenters. The van der Waals surface area contributed by atoms with Crippen LogP contribution in [-0.4, -0.2) is 39.8 Å². The van der Waals surface area contributed by atoms with Crippen molar-refractivity contribution in [2.45, 2.75) is 17.9 Å². The van der Waals surface area contributed by atoms with Crippen LogP contribution < -0.4 is 10.5 Å². The Morgan fingerprint density at radius 3 is 2.38 bits per heavy atom. The summed E-state index contributed by atoms with van der Waals surface area (Å²) < 4.78 is 48.5. The first-order valence-electron chi connectivity index (χ1n) is 5.66. The van der Waals surface area contributed by atoms with Crippen LogP contribution in [0.1, 0.15) is 6.92 Å². The fraction of sp³-hybridized carbons (Fsp3) is 0.400. The Morgan fingerprint density at radius 1 is 1.33 bits per heavy atom. The lowest BCUT2D eigenvalue weighted by Crippen LogP contribution is -2.37. The number of nitrogens with one attached hydrogen (secondary N) is 1. The Morgan fingerprint density at radius 2 is 1.90 bits per heavy atom. The van der Waals surface area contributed by atoms with Gasteiger partial charge in [-0.25, -0.2) is 21.6 Å². The van der Waals surface area contributed by atoms with Crippen LogP contribution in [0.25, 0.3) is 0 Å². The van der Waals surface area contributed by atoms with E-state index in [0.29, 0.717) is 0 Å². The summed E-state index contributed by atoms with van der Waals surface area (Å²) in [6.45, 7) is 1.38. The highest BCUT2D eigenvalue weighted by Crippen LogP contribution is 2.24. The van der Waals surface area contributed by atoms with Crippen molar-refractivity contribution in [1.29, 1.82) is 0 Å². The third-order valence-electron chi connectivity index (χ3n) is 2.42. The van der Waals surface area contributed by atoms with E-state index in [1.807, 2.05) is 0 Å². The van der Waals surface area contributed by atoms with Crippen LogP contribution in [-0.2, 0) is 19.9 Å². The topological polar surface area (TPSA) is 149 Å². The first-order valence-corrected chi connectivity index (χ1v) is 9.21. The van der Waals surface area contributed by atoms with Gasteiger partial charge < -0.3 is 5.73 Å². The second-order valence-electron chi connectivity index (χ2n) is 4.59. The van der Waals surface area contributed by atoms with Crippen LogP contribution in [0.2, 0.25) is 0 Å². The molecule has 9 nitrogen and oxygen atoms in total. The lowest BCUT2D eigenvalue weighted by atomic mass is 10.3. The van der Waals surface area contributed by atoms with Crippen molar-refractivity contribution in [2.75, 3.05) is 17.7 Å². The van der Waals surface area contributed by atoms with Crippen LogP contribution in [0.3, 0.4) is 0 Å². The van der Waals surface area contributed by atoms with E-state index in [-0.39, 0.29) is 16.3 Å². The van der Waals surface area contributed by atoms with Gasteiger partial charge in [0.2, 0.25) is 10.0 Å². The quantitative estimate of drug-likeness (QED) is 0.417. The number of hydrogen-bond donors (Lipinski definition) is 2. The summed E-state index contributed by atoms with van der Waals surface area (Å²) in [6.07, 6.45) is 0.978. The summed E-state index contributed by atoms with van der Waals surface area (Å²) in [7, 11) is -7.44. The Hall–Kier alpha value is -1.72. The molecule has 0 saturated heterocycles. The number of nitro benzene ring substituents is 1. The van der Waals surface area contributed by atoms with E-state index in [2.05, 4.69) is 4.72 Å². The Bertz CT molecular complexity index is 757. The van der Waals surface area contributed by atoms with Gasteiger partial charge in [-0.3, -0.25) is 10.1 Å². The van der Waals surface area contributed by atoms with E-state index < -0.39 is 36.5 Å². The van der Waals surface area contributed by atoms with Gasteiger partial charge in [0, 0.05) is 18.4 Å².